The molecule has 0 unspecified atom stereocenters. The van der Waals surface area contributed by atoms with Gasteiger partial charge in [0.15, 0.2) is 5.16 Å². The summed E-state index contributed by atoms with van der Waals surface area (Å²) in [7, 11) is 0. The van der Waals surface area contributed by atoms with Crippen LogP contribution < -0.4 is 16.0 Å². The van der Waals surface area contributed by atoms with Gasteiger partial charge in [0.1, 0.15) is 11.9 Å². The predicted molar refractivity (Wildman–Crippen MR) is 78.3 cm³/mol. The fraction of sp³-hybridized carbons (Fsp3) is 0.692. The largest absolute Gasteiger partial charge is 0.474 e. The number of nitrogen functional groups attached to an aromatic ring is 1. The highest BCUT2D eigenvalue weighted by molar-refractivity contribution is 7.98. The van der Waals surface area contributed by atoms with Crippen molar-refractivity contribution in [3.05, 3.63) is 6.07 Å². The summed E-state index contributed by atoms with van der Waals surface area (Å²) in [5.74, 6) is 6.60. The first-order valence-corrected chi connectivity index (χ1v) is 7.81. The Kier molecular flexibility index (Phi) is 4.52. The minimum absolute atomic E-state index is 0.253. The fourth-order valence-corrected chi connectivity index (χ4v) is 2.66. The Labute approximate surface area is 118 Å². The number of nitrogens with one attached hydrogen (secondary N) is 1. The Morgan fingerprint density at radius 3 is 2.63 bits per heavy atom. The average molecular weight is 282 g/mol. The van der Waals surface area contributed by atoms with Crippen LogP contribution in [0.1, 0.15) is 39.5 Å². The second-order valence-corrected chi connectivity index (χ2v) is 6.48. The van der Waals surface area contributed by atoms with Gasteiger partial charge in [-0.2, -0.15) is 4.98 Å². The summed E-state index contributed by atoms with van der Waals surface area (Å²) in [6.45, 7) is 4.63. The maximum Gasteiger partial charge on any atom is 0.219 e. The Hall–Kier alpha value is -1.01. The molecule has 19 heavy (non-hydrogen) atoms. The zero-order chi connectivity index (χ0) is 13.9. The van der Waals surface area contributed by atoms with Crippen LogP contribution in [0.4, 0.5) is 5.82 Å². The molecule has 0 bridgehead atoms. The molecule has 1 aliphatic rings. The third-order valence-electron chi connectivity index (χ3n) is 3.59. The van der Waals surface area contributed by atoms with Gasteiger partial charge in [0.2, 0.25) is 5.88 Å². The van der Waals surface area contributed by atoms with Crippen molar-refractivity contribution in [2.45, 2.75) is 50.8 Å². The van der Waals surface area contributed by atoms with Crippen LogP contribution in [0.15, 0.2) is 11.2 Å². The summed E-state index contributed by atoms with van der Waals surface area (Å²) in [5.41, 5.74) is 2.99. The number of anilines is 1. The normalized spacial score (nSPS) is 19.2. The molecule has 0 spiro atoms. The summed E-state index contributed by atoms with van der Waals surface area (Å²) in [6.07, 6.45) is 6.74. The molecule has 0 aromatic carbocycles. The predicted octanol–water partition coefficient (Wildman–Crippen LogP) is 2.83. The molecule has 1 saturated carbocycles. The summed E-state index contributed by atoms with van der Waals surface area (Å²) < 4.78 is 5.97. The quantitative estimate of drug-likeness (QED) is 0.383. The van der Waals surface area contributed by atoms with Crippen LogP contribution in [0, 0.1) is 5.41 Å². The van der Waals surface area contributed by atoms with Gasteiger partial charge < -0.3 is 10.2 Å². The summed E-state index contributed by atoms with van der Waals surface area (Å²) in [4.78, 5) is 8.59. The van der Waals surface area contributed by atoms with Crippen LogP contribution in [-0.2, 0) is 0 Å². The van der Waals surface area contributed by atoms with E-state index >= 15 is 0 Å². The fourth-order valence-electron chi connectivity index (χ4n) is 2.29. The number of nitrogens with two attached hydrogens (primary N) is 1. The van der Waals surface area contributed by atoms with Crippen LogP contribution in [-0.4, -0.2) is 22.3 Å². The maximum absolute atomic E-state index is 5.97. The van der Waals surface area contributed by atoms with Gasteiger partial charge in [-0.15, -0.1) is 0 Å². The van der Waals surface area contributed by atoms with E-state index in [4.69, 9.17) is 10.6 Å². The van der Waals surface area contributed by atoms with Crippen molar-refractivity contribution in [3.8, 4) is 5.88 Å². The molecule has 1 aromatic rings. The van der Waals surface area contributed by atoms with Gasteiger partial charge in [-0.3, -0.25) is 0 Å². The van der Waals surface area contributed by atoms with Gasteiger partial charge in [-0.05, 0) is 37.4 Å². The zero-order valence-corrected chi connectivity index (χ0v) is 12.6. The minimum Gasteiger partial charge on any atom is -0.474 e. The number of aromatic nitrogens is 2. The molecule has 0 radical (unpaired) electrons. The van der Waals surface area contributed by atoms with Crippen LogP contribution in [0.5, 0.6) is 5.88 Å². The lowest BCUT2D eigenvalue weighted by Crippen LogP contribution is -2.28. The van der Waals surface area contributed by atoms with E-state index in [1.54, 1.807) is 6.07 Å². The molecule has 0 amide bonds. The molecule has 1 aromatic heterocycles. The molecule has 0 aliphatic heterocycles. The molecular formula is C13H22N4OS. The first-order chi connectivity index (χ1) is 9.02. The molecule has 106 valence electrons. The standard InChI is InChI=1S/C13H22N4OS/c1-13(2)6-4-9(5-7-13)18-11-8-10(17-14)15-12(16-11)19-3/h8-9H,4-7,14H2,1-3H3,(H,15,16,17). The smallest absolute Gasteiger partial charge is 0.219 e. The molecule has 0 atom stereocenters. The molecule has 1 heterocycles. The molecule has 2 rings (SSSR count). The number of nitrogens with zero attached hydrogens (tertiary/aromatic N) is 2. The highest BCUT2D eigenvalue weighted by Gasteiger charge is 2.28. The van der Waals surface area contributed by atoms with Crippen LogP contribution >= 0.6 is 11.8 Å². The van der Waals surface area contributed by atoms with Crippen molar-refractivity contribution in [1.82, 2.24) is 9.97 Å². The Morgan fingerprint density at radius 2 is 2.05 bits per heavy atom. The highest BCUT2D eigenvalue weighted by atomic mass is 32.2. The van der Waals surface area contributed by atoms with Gasteiger partial charge >= 0.3 is 0 Å². The lowest BCUT2D eigenvalue weighted by Gasteiger charge is -2.34. The van der Waals surface area contributed by atoms with Crippen molar-refractivity contribution in [2.75, 3.05) is 11.7 Å². The van der Waals surface area contributed by atoms with Crippen LogP contribution in [0.2, 0.25) is 0 Å². The second kappa shape index (κ2) is 5.96. The number of hydrogen-bond acceptors (Lipinski definition) is 6. The lowest BCUT2D eigenvalue weighted by atomic mass is 9.76. The Bertz CT molecular complexity index is 406. The average Bonchev–Trinajstić information content (AvgIpc) is 2.40. The van der Waals surface area contributed by atoms with Crippen molar-refractivity contribution in [3.63, 3.8) is 0 Å². The monoisotopic (exact) mass is 282 g/mol. The number of thioether (sulfide) groups is 1. The lowest BCUT2D eigenvalue weighted by molar-refractivity contribution is 0.0942. The first kappa shape index (κ1) is 14.4. The Morgan fingerprint density at radius 1 is 1.37 bits per heavy atom. The molecular weight excluding hydrogens is 260 g/mol. The van der Waals surface area contributed by atoms with Gasteiger partial charge in [0.25, 0.3) is 0 Å². The van der Waals surface area contributed by atoms with Gasteiger partial charge in [-0.1, -0.05) is 25.6 Å². The van der Waals surface area contributed by atoms with E-state index in [0.717, 1.165) is 12.8 Å². The van der Waals surface area contributed by atoms with E-state index in [9.17, 15) is 0 Å². The summed E-state index contributed by atoms with van der Waals surface area (Å²) in [6, 6.07) is 1.75. The molecule has 3 N–H and O–H groups in total. The molecule has 1 aliphatic carbocycles. The van der Waals surface area contributed by atoms with E-state index in [0.29, 0.717) is 22.3 Å². The summed E-state index contributed by atoms with van der Waals surface area (Å²) in [5, 5.41) is 0.668. The number of hydrogen-bond donors (Lipinski definition) is 2. The highest BCUT2D eigenvalue weighted by Crippen LogP contribution is 2.36. The number of hydrazine groups is 1. The number of ether oxygens (including phenoxy) is 1. The third kappa shape index (κ3) is 3.98. The van der Waals surface area contributed by atoms with E-state index in [2.05, 4.69) is 29.2 Å². The van der Waals surface area contributed by atoms with Crippen LogP contribution in [0.25, 0.3) is 0 Å². The molecule has 5 nitrogen and oxygen atoms in total. The van der Waals surface area contributed by atoms with Crippen molar-refractivity contribution in [2.24, 2.45) is 11.3 Å². The first-order valence-electron chi connectivity index (χ1n) is 6.59. The Balaban J connectivity index is 2.03. The topological polar surface area (TPSA) is 73.1 Å². The molecule has 0 saturated heterocycles. The third-order valence-corrected chi connectivity index (χ3v) is 4.13. The second-order valence-electron chi connectivity index (χ2n) is 5.70. The van der Waals surface area contributed by atoms with Crippen LogP contribution in [0.3, 0.4) is 0 Å². The summed E-state index contributed by atoms with van der Waals surface area (Å²) >= 11 is 1.48. The van der Waals surface area contributed by atoms with Gasteiger partial charge in [0, 0.05) is 6.07 Å². The van der Waals surface area contributed by atoms with Crippen molar-refractivity contribution in [1.29, 1.82) is 0 Å². The van der Waals surface area contributed by atoms with E-state index in [1.165, 1.54) is 24.6 Å². The van der Waals surface area contributed by atoms with E-state index < -0.39 is 0 Å². The minimum atomic E-state index is 0.253. The molecule has 6 heteroatoms. The van der Waals surface area contributed by atoms with E-state index in [-0.39, 0.29) is 6.10 Å². The maximum atomic E-state index is 5.97. The van der Waals surface area contributed by atoms with Crippen molar-refractivity contribution >= 4 is 17.6 Å². The zero-order valence-electron chi connectivity index (χ0n) is 11.8. The number of rotatable bonds is 4. The SMILES string of the molecule is CSc1nc(NN)cc(OC2CCC(C)(C)CC2)n1. The van der Waals surface area contributed by atoms with E-state index in [1.807, 2.05) is 6.26 Å². The van der Waals surface area contributed by atoms with Gasteiger partial charge in [-0.25, -0.2) is 10.8 Å². The van der Waals surface area contributed by atoms with Crippen molar-refractivity contribution < 1.29 is 4.74 Å². The molecule has 1 fully saturated rings. The van der Waals surface area contributed by atoms with Gasteiger partial charge in [0.05, 0.1) is 0 Å².